The largest absolute Gasteiger partial charge is 0.332 e. The van der Waals surface area contributed by atoms with Gasteiger partial charge in [-0.25, -0.2) is 13.2 Å². The van der Waals surface area contributed by atoms with Crippen molar-refractivity contribution in [1.82, 2.24) is 23.3 Å². The van der Waals surface area contributed by atoms with Crippen molar-refractivity contribution in [3.8, 4) is 5.69 Å². The number of nitrogens with one attached hydrogen (secondary N) is 1. The average Bonchev–Trinajstić information content (AvgIpc) is 3.84. The number of benzene rings is 1. The molecule has 6 rings (SSSR count). The number of nitrogens with zero attached hydrogens (tertiary/aromatic N) is 5. The summed E-state index contributed by atoms with van der Waals surface area (Å²) in [6, 6.07) is 7.39. The van der Waals surface area contributed by atoms with Crippen molar-refractivity contribution in [2.45, 2.75) is 43.8 Å². The fraction of sp³-hybridized carbons (Fsp3) is 0.393. The number of fused-ring (bicyclic) bond motifs is 1. The number of rotatable bonds is 9. The third kappa shape index (κ3) is 5.17. The molecular formula is C28H30N6O6S. The third-order valence-corrected chi connectivity index (χ3v) is 8.67. The predicted octanol–water partition coefficient (Wildman–Crippen LogP) is 1.55. The molecule has 0 aliphatic heterocycles. The molecule has 2 aliphatic rings. The maximum absolute atomic E-state index is 13.1. The molecule has 0 saturated heterocycles. The van der Waals surface area contributed by atoms with Crippen LogP contribution in [-0.2, 0) is 46.5 Å². The topological polar surface area (TPSA) is 147 Å². The molecule has 4 aromatic rings. The lowest BCUT2D eigenvalue weighted by atomic mass is 10.0. The van der Waals surface area contributed by atoms with Gasteiger partial charge >= 0.3 is 5.69 Å². The summed E-state index contributed by atoms with van der Waals surface area (Å²) in [5.74, 6) is 0.307. The van der Waals surface area contributed by atoms with Gasteiger partial charge in [-0.3, -0.25) is 23.5 Å². The third-order valence-electron chi connectivity index (χ3n) is 7.65. The molecule has 1 aromatic carbocycles. The first kappa shape index (κ1) is 26.9. The summed E-state index contributed by atoms with van der Waals surface area (Å²) in [6.07, 6.45) is 8.47. The van der Waals surface area contributed by atoms with Crippen LogP contribution in [-0.4, -0.2) is 49.6 Å². The molecular weight excluding hydrogens is 548 g/mol. The van der Waals surface area contributed by atoms with E-state index in [1.54, 1.807) is 18.5 Å². The molecule has 3 heterocycles. The van der Waals surface area contributed by atoms with Gasteiger partial charge in [-0.15, -0.1) is 0 Å². The summed E-state index contributed by atoms with van der Waals surface area (Å²) in [4.78, 5) is 55.2. The highest BCUT2D eigenvalue weighted by Gasteiger charge is 2.31. The van der Waals surface area contributed by atoms with Crippen LogP contribution in [0.25, 0.3) is 16.9 Å². The van der Waals surface area contributed by atoms with Gasteiger partial charge in [0.2, 0.25) is 20.9 Å². The average molecular weight is 579 g/mol. The monoisotopic (exact) mass is 578 g/mol. The highest BCUT2D eigenvalue weighted by Crippen LogP contribution is 2.33. The minimum atomic E-state index is -3.76. The van der Waals surface area contributed by atoms with Gasteiger partial charge in [-0.05, 0) is 61.1 Å². The van der Waals surface area contributed by atoms with Gasteiger partial charge < -0.3 is 14.5 Å². The number of carbonyl (C=O) groups is 2. The van der Waals surface area contributed by atoms with Crippen molar-refractivity contribution in [3.63, 3.8) is 0 Å². The number of imidazole rings is 1. The second-order valence-electron chi connectivity index (χ2n) is 11.1. The first-order valence-electron chi connectivity index (χ1n) is 13.4. The molecule has 0 spiro atoms. The molecule has 2 saturated carbocycles. The van der Waals surface area contributed by atoms with E-state index >= 15 is 0 Å². The maximum Gasteiger partial charge on any atom is 0.332 e. The van der Waals surface area contributed by atoms with Crippen molar-refractivity contribution in [1.29, 1.82) is 0 Å². The first-order chi connectivity index (χ1) is 19.4. The standard InChI is InChI=1S/C28H30N6O6S/c1-31-23-24(30-27(31)41(3,39)40)34(28(38)32(2)26(23)37)15-16-8-9-33(14-16)21-11-17(12-22(35)18-4-5-18)10-20(13-21)29-25(36)19-6-7-19/h8-11,13-14,18-19H,4-7,12,15H2,1-3H3,(H,29,36). The van der Waals surface area contributed by atoms with Crippen molar-refractivity contribution < 1.29 is 18.0 Å². The number of aromatic nitrogens is 5. The quantitative estimate of drug-likeness (QED) is 0.317. The van der Waals surface area contributed by atoms with E-state index < -0.39 is 21.1 Å². The number of ketones is 1. The summed E-state index contributed by atoms with van der Waals surface area (Å²) in [5, 5.41) is 2.67. The minimum absolute atomic E-state index is 0.0102. The molecule has 0 atom stereocenters. The van der Waals surface area contributed by atoms with E-state index in [-0.39, 0.29) is 52.8 Å². The van der Waals surface area contributed by atoms with Crippen LogP contribution < -0.4 is 16.6 Å². The summed E-state index contributed by atoms with van der Waals surface area (Å²) in [6.45, 7) is 0.0296. The number of amides is 1. The van der Waals surface area contributed by atoms with Gasteiger partial charge in [0, 0.05) is 62.4 Å². The Hall–Kier alpha value is -4.26. The molecule has 3 aromatic heterocycles. The van der Waals surface area contributed by atoms with E-state index in [9.17, 15) is 27.6 Å². The van der Waals surface area contributed by atoms with E-state index in [0.29, 0.717) is 11.3 Å². The number of anilines is 1. The van der Waals surface area contributed by atoms with E-state index in [0.717, 1.165) is 47.8 Å². The van der Waals surface area contributed by atoms with Crippen LogP contribution in [0.5, 0.6) is 0 Å². The zero-order chi connectivity index (χ0) is 29.2. The number of hydrogen-bond donors (Lipinski definition) is 1. The van der Waals surface area contributed by atoms with Crippen LogP contribution >= 0.6 is 0 Å². The zero-order valence-corrected chi connectivity index (χ0v) is 23.8. The second kappa shape index (κ2) is 9.68. The fourth-order valence-electron chi connectivity index (χ4n) is 5.10. The molecule has 2 fully saturated rings. The van der Waals surface area contributed by atoms with Crippen molar-refractivity contribution in [2.24, 2.45) is 25.9 Å². The SMILES string of the molecule is Cn1c(=O)c2c(nc(S(C)(=O)=O)n2C)n(Cc2ccn(-c3cc(CC(=O)C4CC4)cc(NC(=O)C4CC4)c3)c2)c1=O. The van der Waals surface area contributed by atoms with Crippen LogP contribution in [0.15, 0.2) is 51.4 Å². The number of hydrogen-bond acceptors (Lipinski definition) is 7. The van der Waals surface area contributed by atoms with Crippen molar-refractivity contribution in [2.75, 3.05) is 11.6 Å². The predicted molar refractivity (Wildman–Crippen MR) is 151 cm³/mol. The summed E-state index contributed by atoms with van der Waals surface area (Å²) in [7, 11) is -0.990. The lowest BCUT2D eigenvalue weighted by molar-refractivity contribution is -0.119. The number of sulfone groups is 1. The normalized spacial score (nSPS) is 15.4. The Labute approximate surface area is 235 Å². The van der Waals surface area contributed by atoms with E-state index in [1.165, 1.54) is 23.2 Å². The van der Waals surface area contributed by atoms with Gasteiger partial charge in [-0.2, -0.15) is 4.98 Å². The Morgan fingerprint density at radius 2 is 1.71 bits per heavy atom. The minimum Gasteiger partial charge on any atom is -0.326 e. The Morgan fingerprint density at radius 1 is 1.00 bits per heavy atom. The van der Waals surface area contributed by atoms with Gasteiger partial charge in [0.1, 0.15) is 5.78 Å². The Balaban J connectivity index is 1.37. The number of aryl methyl sites for hydroxylation is 1. The van der Waals surface area contributed by atoms with Crippen LogP contribution in [0.3, 0.4) is 0 Å². The van der Waals surface area contributed by atoms with E-state index in [2.05, 4.69) is 10.3 Å². The Bertz CT molecular complexity index is 1930. The number of carbonyl (C=O) groups excluding carboxylic acids is 2. The highest BCUT2D eigenvalue weighted by molar-refractivity contribution is 7.90. The molecule has 2 aliphatic carbocycles. The highest BCUT2D eigenvalue weighted by atomic mass is 32.2. The molecule has 0 bridgehead atoms. The van der Waals surface area contributed by atoms with Gasteiger partial charge in [0.15, 0.2) is 11.2 Å². The Morgan fingerprint density at radius 3 is 2.37 bits per heavy atom. The van der Waals surface area contributed by atoms with Crippen molar-refractivity contribution >= 4 is 38.4 Å². The molecule has 1 N–H and O–H groups in total. The van der Waals surface area contributed by atoms with Gasteiger partial charge in [0.05, 0.1) is 6.54 Å². The molecule has 214 valence electrons. The Kier molecular flexibility index (Phi) is 6.36. The van der Waals surface area contributed by atoms with Crippen LogP contribution in [0.2, 0.25) is 0 Å². The van der Waals surface area contributed by atoms with Crippen LogP contribution in [0.4, 0.5) is 5.69 Å². The van der Waals surface area contributed by atoms with Crippen LogP contribution in [0, 0.1) is 11.8 Å². The van der Waals surface area contributed by atoms with Gasteiger partial charge in [0.25, 0.3) is 5.56 Å². The van der Waals surface area contributed by atoms with E-state index in [1.807, 2.05) is 22.8 Å². The molecule has 1 amide bonds. The summed E-state index contributed by atoms with van der Waals surface area (Å²) < 4.78 is 29.8. The van der Waals surface area contributed by atoms with Crippen molar-refractivity contribution in [3.05, 3.63) is 68.6 Å². The fourth-order valence-corrected chi connectivity index (χ4v) is 5.94. The zero-order valence-electron chi connectivity index (χ0n) is 23.0. The van der Waals surface area contributed by atoms with E-state index in [4.69, 9.17) is 0 Å². The molecule has 41 heavy (non-hydrogen) atoms. The smallest absolute Gasteiger partial charge is 0.326 e. The van der Waals surface area contributed by atoms with Gasteiger partial charge in [-0.1, -0.05) is 0 Å². The second-order valence-corrected chi connectivity index (χ2v) is 13.0. The van der Waals surface area contributed by atoms with Crippen LogP contribution in [0.1, 0.15) is 36.8 Å². The molecule has 12 nitrogen and oxygen atoms in total. The molecule has 0 unspecified atom stereocenters. The molecule has 0 radical (unpaired) electrons. The lowest BCUT2D eigenvalue weighted by Crippen LogP contribution is -2.38. The lowest BCUT2D eigenvalue weighted by Gasteiger charge is -2.12. The first-order valence-corrected chi connectivity index (χ1v) is 15.3. The number of Topliss-reactive ketones (excluding diaryl/α,β-unsaturated/α-hetero) is 1. The summed E-state index contributed by atoms with van der Waals surface area (Å²) >= 11 is 0. The maximum atomic E-state index is 13.1. The summed E-state index contributed by atoms with van der Waals surface area (Å²) in [5.41, 5.74) is 1.58. The molecule has 13 heteroatoms.